The van der Waals surface area contributed by atoms with Gasteiger partial charge in [-0.15, -0.1) is 0 Å². The third-order valence-electron chi connectivity index (χ3n) is 6.31. The molecule has 0 saturated heterocycles. The average Bonchev–Trinajstić information content (AvgIpc) is 2.96. The fourth-order valence-electron chi connectivity index (χ4n) is 4.66. The van der Waals surface area contributed by atoms with Crippen LogP contribution in [0.5, 0.6) is 0 Å². The quantitative estimate of drug-likeness (QED) is 0.0597. The van der Waals surface area contributed by atoms with E-state index in [0.717, 1.165) is 32.7 Å². The zero-order valence-electron chi connectivity index (χ0n) is 21.6. The first-order valence-electron chi connectivity index (χ1n) is 12.4. The molecule has 1 radical (unpaired) electrons. The first-order chi connectivity index (χ1) is 19.5. The van der Waals surface area contributed by atoms with Gasteiger partial charge in [-0.3, -0.25) is 0 Å². The predicted molar refractivity (Wildman–Crippen MR) is 176 cm³/mol. The Hall–Kier alpha value is -4.40. The van der Waals surface area contributed by atoms with Crippen LogP contribution < -0.4 is 11.5 Å². The second kappa shape index (κ2) is 13.8. The van der Waals surface area contributed by atoms with Crippen molar-refractivity contribution < 1.29 is 17.1 Å². The Morgan fingerprint density at radius 3 is 1.02 bits per heavy atom. The normalized spacial score (nSPS) is 12.2. The summed E-state index contributed by atoms with van der Waals surface area (Å²) in [5, 5.41) is 24.6. The predicted octanol–water partition coefficient (Wildman–Crippen LogP) is 6.37. The molecule has 41 heavy (non-hydrogen) atoms. The Bertz CT molecular complexity index is 1710. The van der Waals surface area contributed by atoms with E-state index in [1.807, 2.05) is 48.5 Å². The number of fused-ring (bicyclic) bond motifs is 4. The second-order valence-corrected chi connectivity index (χ2v) is 9.67. The summed E-state index contributed by atoms with van der Waals surface area (Å²) in [6, 6.07) is 37.1. The van der Waals surface area contributed by atoms with Crippen molar-refractivity contribution in [2.75, 3.05) is 0 Å². The summed E-state index contributed by atoms with van der Waals surface area (Å²) in [5.74, 6) is 0. The summed E-state index contributed by atoms with van der Waals surface area (Å²) in [6.45, 7) is 0. The van der Waals surface area contributed by atoms with Crippen LogP contribution in [0.1, 0.15) is 11.1 Å². The number of benzene rings is 6. The van der Waals surface area contributed by atoms with Crippen LogP contribution in [0, 0.1) is 0 Å². The van der Waals surface area contributed by atoms with E-state index in [1.165, 1.54) is 21.5 Å². The molecular weight excluding hydrogens is 596 g/mol. The maximum Gasteiger partial charge on any atom is 2.00 e. The molecule has 0 aromatic heterocycles. The van der Waals surface area contributed by atoms with Gasteiger partial charge in [-0.05, 0) is 65.6 Å². The van der Waals surface area contributed by atoms with Crippen LogP contribution in [-0.4, -0.2) is 22.8 Å². The van der Waals surface area contributed by atoms with Gasteiger partial charge in [0.25, 0.3) is 0 Å². The molecule has 9 heteroatoms. The molecule has 0 fully saturated rings. The molecule has 0 unspecified atom stereocenters. The van der Waals surface area contributed by atoms with Gasteiger partial charge in [-0.1, -0.05) is 97.1 Å². The van der Waals surface area contributed by atoms with Gasteiger partial charge in [0.2, 0.25) is 0 Å². The number of amidine groups is 2. The van der Waals surface area contributed by atoms with Gasteiger partial charge in [0.05, 0.1) is 12.4 Å². The van der Waals surface area contributed by atoms with Gasteiger partial charge in [-0.2, -0.15) is 20.4 Å². The van der Waals surface area contributed by atoms with Gasteiger partial charge >= 0.3 is 17.1 Å². The zero-order chi connectivity index (χ0) is 27.9. The fraction of sp³-hybridized carbons (Fsp3) is 0. The molecule has 0 atom stereocenters. The van der Waals surface area contributed by atoms with Gasteiger partial charge in [0.1, 0.15) is 0 Å². The Labute approximate surface area is 259 Å². The van der Waals surface area contributed by atoms with Gasteiger partial charge < -0.3 is 36.7 Å². The van der Waals surface area contributed by atoms with E-state index in [0.29, 0.717) is 0 Å². The third kappa shape index (κ3) is 7.03. The molecule has 6 aromatic rings. The van der Waals surface area contributed by atoms with E-state index in [4.69, 9.17) is 36.7 Å². The molecule has 0 bridgehead atoms. The van der Waals surface area contributed by atoms with Crippen molar-refractivity contribution >= 4 is 91.1 Å². The number of hydrogen-bond acceptors (Lipinski definition) is 6. The molecule has 6 aromatic carbocycles. The monoisotopic (exact) mass is 619 g/mol. The van der Waals surface area contributed by atoms with Crippen molar-refractivity contribution in [1.82, 2.24) is 0 Å². The number of nitrogens with zero attached hydrogens (tertiary/aromatic N) is 4. The Balaban J connectivity index is 0.000000184. The molecule has 0 aliphatic carbocycles. The minimum absolute atomic E-state index is 0. The van der Waals surface area contributed by atoms with Crippen molar-refractivity contribution in [3.8, 4) is 0 Å². The van der Waals surface area contributed by atoms with E-state index in [2.05, 4.69) is 81.1 Å². The molecule has 0 heterocycles. The SMILES string of the molecule is N/C([S-])=N/N=C/c1c2ccccc2cc2ccccc12.N/C([S-])=N/N=C/c1c2ccccc2cc2ccccc12.[Cu+2]. The van der Waals surface area contributed by atoms with E-state index in [-0.39, 0.29) is 27.4 Å². The van der Waals surface area contributed by atoms with Crippen LogP contribution in [0.4, 0.5) is 0 Å². The summed E-state index contributed by atoms with van der Waals surface area (Å²) >= 11 is 9.40. The number of hydrogen-bond donors (Lipinski definition) is 2. The largest absolute Gasteiger partial charge is 2.00 e. The van der Waals surface area contributed by atoms with Crippen LogP contribution in [0.15, 0.2) is 130 Å². The summed E-state index contributed by atoms with van der Waals surface area (Å²) in [7, 11) is 0. The molecule has 0 aliphatic heterocycles. The molecule has 0 aliphatic rings. The van der Waals surface area contributed by atoms with Gasteiger partial charge in [-0.25, -0.2) is 0 Å². The van der Waals surface area contributed by atoms with Gasteiger partial charge in [0, 0.05) is 11.1 Å². The fourth-order valence-corrected chi connectivity index (χ4v) is 4.76. The van der Waals surface area contributed by atoms with E-state index >= 15 is 0 Å². The van der Waals surface area contributed by atoms with Crippen LogP contribution in [0.25, 0.3) is 43.1 Å². The first-order valence-corrected chi connectivity index (χ1v) is 13.2. The van der Waals surface area contributed by atoms with Crippen LogP contribution >= 0.6 is 0 Å². The topological polar surface area (TPSA) is 101 Å². The maximum atomic E-state index is 5.33. The molecular formula is C32H24CuN6S2. The summed E-state index contributed by atoms with van der Waals surface area (Å²) in [5.41, 5.74) is 12.7. The second-order valence-electron chi connectivity index (χ2n) is 8.83. The van der Waals surface area contributed by atoms with E-state index < -0.39 is 0 Å². The Morgan fingerprint density at radius 1 is 0.488 bits per heavy atom. The smallest absolute Gasteiger partial charge is 0.741 e. The van der Waals surface area contributed by atoms with Crippen molar-refractivity contribution in [2.24, 2.45) is 31.9 Å². The molecule has 205 valence electrons. The zero-order valence-corrected chi connectivity index (χ0v) is 24.2. The van der Waals surface area contributed by atoms with Gasteiger partial charge in [0.15, 0.2) is 0 Å². The Morgan fingerprint density at radius 2 is 0.756 bits per heavy atom. The molecule has 6 nitrogen and oxygen atoms in total. The van der Waals surface area contributed by atoms with Crippen LogP contribution in [0.2, 0.25) is 0 Å². The standard InChI is InChI=1S/2C16H13N3S.Cu/c2*17-16(20)19-18-10-15-13-7-3-1-5-11(13)9-12-6-2-4-8-14(12)15;/h2*1-10H,(H3,17,19,20);/q;;+2/p-2/b2*18-10+;. The number of nitrogens with two attached hydrogens (primary N) is 2. The summed E-state index contributed by atoms with van der Waals surface area (Å²) < 4.78 is 0. The van der Waals surface area contributed by atoms with E-state index in [1.54, 1.807) is 12.4 Å². The van der Waals surface area contributed by atoms with Crippen molar-refractivity contribution in [3.63, 3.8) is 0 Å². The molecule has 0 amide bonds. The molecule has 4 N–H and O–H groups in total. The average molecular weight is 620 g/mol. The molecule has 0 saturated carbocycles. The van der Waals surface area contributed by atoms with Crippen molar-refractivity contribution in [3.05, 3.63) is 120 Å². The minimum atomic E-state index is 0. The third-order valence-corrected chi connectivity index (χ3v) is 6.48. The van der Waals surface area contributed by atoms with Crippen molar-refractivity contribution in [2.45, 2.75) is 0 Å². The van der Waals surface area contributed by atoms with Crippen LogP contribution in [-0.2, 0) is 42.3 Å². The van der Waals surface area contributed by atoms with Crippen molar-refractivity contribution in [1.29, 1.82) is 0 Å². The van der Waals surface area contributed by atoms with E-state index in [9.17, 15) is 0 Å². The van der Waals surface area contributed by atoms with Crippen LogP contribution in [0.3, 0.4) is 0 Å². The Kier molecular flexibility index (Phi) is 9.95. The minimum Gasteiger partial charge on any atom is -0.741 e. The maximum absolute atomic E-state index is 5.33. The summed E-state index contributed by atoms with van der Waals surface area (Å²) in [4.78, 5) is 0. The molecule has 0 spiro atoms. The summed E-state index contributed by atoms with van der Waals surface area (Å²) in [6.07, 6.45) is 3.42. The first kappa shape index (κ1) is 29.6. The molecule has 6 rings (SSSR count). The number of rotatable bonds is 4.